The molecule has 164 valence electrons. The van der Waals surface area contributed by atoms with E-state index < -0.39 is 0 Å². The lowest BCUT2D eigenvalue weighted by Crippen LogP contribution is -2.52. The highest BCUT2D eigenvalue weighted by atomic mass is 16.5. The maximum Gasteiger partial charge on any atom is 0.254 e. The fourth-order valence-corrected chi connectivity index (χ4v) is 4.18. The van der Waals surface area contributed by atoms with Gasteiger partial charge in [-0.2, -0.15) is 0 Å². The van der Waals surface area contributed by atoms with Crippen molar-refractivity contribution in [3.05, 3.63) is 54.4 Å². The first-order valence-electron chi connectivity index (χ1n) is 11.2. The smallest absolute Gasteiger partial charge is 0.254 e. The first-order valence-corrected chi connectivity index (χ1v) is 11.2. The number of piperazine rings is 1. The molecule has 2 aliphatic rings. The monoisotopic (exact) mass is 422 g/mol. The fraction of sp³-hybridized carbons (Fsp3) is 0.458. The normalized spacial score (nSPS) is 17.6. The number of hydrogen-bond donors (Lipinski definition) is 0. The molecule has 3 heterocycles. The molecule has 2 aliphatic heterocycles. The lowest BCUT2D eigenvalue weighted by atomic mass is 10.1. The number of anilines is 1. The molecule has 1 aromatic carbocycles. The average molecular weight is 423 g/mol. The van der Waals surface area contributed by atoms with Crippen LogP contribution >= 0.6 is 0 Å². The van der Waals surface area contributed by atoms with Gasteiger partial charge in [0, 0.05) is 43.3 Å². The minimum atomic E-state index is -0.135. The predicted molar refractivity (Wildman–Crippen MR) is 119 cm³/mol. The molecule has 1 aromatic heterocycles. The van der Waals surface area contributed by atoms with Crippen LogP contribution in [0.3, 0.4) is 0 Å². The van der Waals surface area contributed by atoms with E-state index in [9.17, 15) is 9.59 Å². The van der Waals surface area contributed by atoms with Gasteiger partial charge in [0.1, 0.15) is 12.3 Å². The van der Waals surface area contributed by atoms with Gasteiger partial charge in [-0.1, -0.05) is 6.42 Å². The number of hydrogen-bond acceptors (Lipinski definition) is 5. The number of likely N-dealkylation sites (tertiary alicyclic amines) is 1. The Morgan fingerprint density at radius 3 is 2.39 bits per heavy atom. The summed E-state index contributed by atoms with van der Waals surface area (Å²) in [7, 11) is 0. The summed E-state index contributed by atoms with van der Waals surface area (Å²) in [5.74, 6) is 0.605. The van der Waals surface area contributed by atoms with E-state index in [2.05, 4.69) is 9.88 Å². The van der Waals surface area contributed by atoms with Crippen LogP contribution in [-0.4, -0.2) is 72.5 Å². The van der Waals surface area contributed by atoms with E-state index in [0.717, 1.165) is 24.4 Å². The Hall–Kier alpha value is -2.93. The Kier molecular flexibility index (Phi) is 7.14. The second kappa shape index (κ2) is 10.4. The van der Waals surface area contributed by atoms with Gasteiger partial charge in [0.15, 0.2) is 0 Å². The summed E-state index contributed by atoms with van der Waals surface area (Å²) >= 11 is 0. The third-order valence-electron chi connectivity index (χ3n) is 5.92. The van der Waals surface area contributed by atoms with Crippen molar-refractivity contribution >= 4 is 17.5 Å². The van der Waals surface area contributed by atoms with Crippen LogP contribution in [0.15, 0.2) is 48.8 Å². The lowest BCUT2D eigenvalue weighted by Gasteiger charge is -2.34. The molecule has 4 rings (SSSR count). The van der Waals surface area contributed by atoms with Gasteiger partial charge in [0.2, 0.25) is 5.91 Å². The van der Waals surface area contributed by atoms with Crippen molar-refractivity contribution in [2.24, 2.45) is 0 Å². The number of carbonyl (C=O) groups excluding carboxylic acids is 2. The van der Waals surface area contributed by atoms with E-state index in [4.69, 9.17) is 4.74 Å². The van der Waals surface area contributed by atoms with Crippen molar-refractivity contribution in [3.8, 4) is 5.75 Å². The quantitative estimate of drug-likeness (QED) is 0.642. The number of aromatic nitrogens is 1. The molecule has 7 heteroatoms. The van der Waals surface area contributed by atoms with Crippen LogP contribution in [-0.2, 0) is 4.79 Å². The molecule has 0 N–H and O–H groups in total. The molecule has 2 fully saturated rings. The third-order valence-corrected chi connectivity index (χ3v) is 5.92. The highest BCUT2D eigenvalue weighted by molar-refractivity contribution is 6.01. The largest absolute Gasteiger partial charge is 0.494 e. The number of benzene rings is 1. The molecule has 2 saturated heterocycles. The van der Waals surface area contributed by atoms with E-state index in [1.807, 2.05) is 24.3 Å². The van der Waals surface area contributed by atoms with Crippen LogP contribution in [0, 0.1) is 0 Å². The minimum Gasteiger partial charge on any atom is -0.494 e. The minimum absolute atomic E-state index is 0.0793. The number of nitrogens with zero attached hydrogens (tertiary/aromatic N) is 4. The molecular weight excluding hydrogens is 392 g/mol. The molecule has 0 bridgehead atoms. The second-order valence-electron chi connectivity index (χ2n) is 8.11. The Bertz CT molecular complexity index is 866. The first kappa shape index (κ1) is 21.3. The molecule has 2 aromatic rings. The van der Waals surface area contributed by atoms with Gasteiger partial charge < -0.3 is 19.4 Å². The second-order valence-corrected chi connectivity index (χ2v) is 8.11. The van der Waals surface area contributed by atoms with E-state index in [0.29, 0.717) is 25.3 Å². The predicted octanol–water partition coefficient (Wildman–Crippen LogP) is 2.83. The van der Waals surface area contributed by atoms with Gasteiger partial charge in [-0.15, -0.1) is 0 Å². The molecule has 0 radical (unpaired) electrons. The molecule has 31 heavy (non-hydrogen) atoms. The van der Waals surface area contributed by atoms with Gasteiger partial charge in [-0.3, -0.25) is 14.6 Å². The van der Waals surface area contributed by atoms with Crippen molar-refractivity contribution in [2.75, 3.05) is 50.8 Å². The molecule has 7 nitrogen and oxygen atoms in total. The zero-order chi connectivity index (χ0) is 21.5. The van der Waals surface area contributed by atoms with Gasteiger partial charge in [-0.05, 0) is 68.8 Å². The number of pyridine rings is 1. The molecular formula is C24H30N4O3. The van der Waals surface area contributed by atoms with Crippen LogP contribution in [0.5, 0.6) is 5.75 Å². The van der Waals surface area contributed by atoms with Crippen molar-refractivity contribution in [1.82, 2.24) is 14.8 Å². The van der Waals surface area contributed by atoms with Gasteiger partial charge in [-0.25, -0.2) is 0 Å². The van der Waals surface area contributed by atoms with Crippen molar-refractivity contribution in [1.29, 1.82) is 0 Å². The molecule has 2 amide bonds. The Morgan fingerprint density at radius 1 is 0.935 bits per heavy atom. The van der Waals surface area contributed by atoms with Crippen LogP contribution in [0.25, 0.3) is 0 Å². The van der Waals surface area contributed by atoms with E-state index in [-0.39, 0.29) is 18.4 Å². The van der Waals surface area contributed by atoms with E-state index in [1.54, 1.807) is 34.3 Å². The van der Waals surface area contributed by atoms with E-state index in [1.165, 1.54) is 32.4 Å². The number of carbonyl (C=O) groups is 2. The van der Waals surface area contributed by atoms with Gasteiger partial charge >= 0.3 is 0 Å². The summed E-state index contributed by atoms with van der Waals surface area (Å²) in [6.45, 7) is 5.27. The Morgan fingerprint density at radius 2 is 1.68 bits per heavy atom. The number of piperidine rings is 1. The van der Waals surface area contributed by atoms with Crippen molar-refractivity contribution in [3.63, 3.8) is 0 Å². The summed E-state index contributed by atoms with van der Waals surface area (Å²) in [5.41, 5.74) is 1.39. The Balaban J connectivity index is 1.24. The van der Waals surface area contributed by atoms with Crippen LogP contribution in [0.2, 0.25) is 0 Å². The van der Waals surface area contributed by atoms with Crippen LogP contribution in [0.1, 0.15) is 36.0 Å². The Labute approximate surface area is 183 Å². The van der Waals surface area contributed by atoms with E-state index >= 15 is 0 Å². The summed E-state index contributed by atoms with van der Waals surface area (Å²) in [4.78, 5) is 35.0. The summed E-state index contributed by atoms with van der Waals surface area (Å²) in [6.07, 6.45) is 8.18. The zero-order valence-corrected chi connectivity index (χ0v) is 17.9. The zero-order valence-electron chi connectivity index (χ0n) is 17.9. The summed E-state index contributed by atoms with van der Waals surface area (Å²) in [6, 6.07) is 11.0. The molecule has 0 unspecified atom stereocenters. The standard InChI is InChI=1S/C24H30N4O3/c29-23-19-27(24(30)20-9-11-25-12-10-20)16-17-28(23)21-5-7-22(8-6-21)31-18-4-15-26-13-2-1-3-14-26/h5-12H,1-4,13-19H2. The maximum atomic E-state index is 12.7. The molecule has 0 spiro atoms. The third kappa shape index (κ3) is 5.61. The average Bonchev–Trinajstić information content (AvgIpc) is 2.83. The molecule has 0 aliphatic carbocycles. The van der Waals surface area contributed by atoms with Crippen LogP contribution in [0.4, 0.5) is 5.69 Å². The SMILES string of the molecule is O=C(c1ccncc1)N1CCN(c2ccc(OCCCN3CCCCC3)cc2)C(=O)C1. The fourth-order valence-electron chi connectivity index (χ4n) is 4.18. The molecule has 0 atom stereocenters. The maximum absolute atomic E-state index is 12.7. The number of rotatable bonds is 7. The highest BCUT2D eigenvalue weighted by Crippen LogP contribution is 2.22. The molecule has 0 saturated carbocycles. The number of amides is 2. The number of ether oxygens (including phenoxy) is 1. The summed E-state index contributed by atoms with van der Waals surface area (Å²) in [5, 5.41) is 0. The van der Waals surface area contributed by atoms with Crippen LogP contribution < -0.4 is 9.64 Å². The highest BCUT2D eigenvalue weighted by Gasteiger charge is 2.28. The van der Waals surface area contributed by atoms with Crippen molar-refractivity contribution < 1.29 is 14.3 Å². The van der Waals surface area contributed by atoms with Crippen molar-refractivity contribution in [2.45, 2.75) is 25.7 Å². The summed E-state index contributed by atoms with van der Waals surface area (Å²) < 4.78 is 5.88. The van der Waals surface area contributed by atoms with Gasteiger partial charge in [0.25, 0.3) is 5.91 Å². The first-order chi connectivity index (χ1) is 15.2. The topological polar surface area (TPSA) is 66.0 Å². The van der Waals surface area contributed by atoms with Gasteiger partial charge in [0.05, 0.1) is 6.61 Å². The lowest BCUT2D eigenvalue weighted by molar-refractivity contribution is -0.120.